The highest BCUT2D eigenvalue weighted by atomic mass is 32.2. The standard InChI is InChI=1S/C17H23N3S/c1-11(2)16-13(4)19-15(20-17(16)18-5)10-21-14-9-7-6-8-12(14)3/h6-9,11H,10H2,1-5H3,(H,18,19,20). The molecule has 3 nitrogen and oxygen atoms in total. The average Bonchev–Trinajstić information content (AvgIpc) is 2.45. The Morgan fingerprint density at radius 3 is 2.48 bits per heavy atom. The summed E-state index contributed by atoms with van der Waals surface area (Å²) in [6, 6.07) is 8.42. The predicted molar refractivity (Wildman–Crippen MR) is 91.1 cm³/mol. The molecule has 1 heterocycles. The van der Waals surface area contributed by atoms with E-state index in [1.165, 1.54) is 16.0 Å². The molecule has 0 fully saturated rings. The molecular formula is C17H23N3S. The minimum atomic E-state index is 0.422. The van der Waals surface area contributed by atoms with Crippen molar-refractivity contribution in [3.8, 4) is 0 Å². The van der Waals surface area contributed by atoms with Crippen LogP contribution in [0.3, 0.4) is 0 Å². The van der Waals surface area contributed by atoms with Crippen molar-refractivity contribution >= 4 is 17.6 Å². The van der Waals surface area contributed by atoms with Crippen LogP contribution in [0.25, 0.3) is 0 Å². The molecular weight excluding hydrogens is 278 g/mol. The first kappa shape index (κ1) is 15.8. The number of aromatic nitrogens is 2. The fraction of sp³-hybridized carbons (Fsp3) is 0.412. The molecule has 0 aliphatic carbocycles. The van der Waals surface area contributed by atoms with E-state index in [1.807, 2.05) is 7.05 Å². The minimum absolute atomic E-state index is 0.422. The summed E-state index contributed by atoms with van der Waals surface area (Å²) in [6.45, 7) is 8.55. The van der Waals surface area contributed by atoms with E-state index in [-0.39, 0.29) is 0 Å². The lowest BCUT2D eigenvalue weighted by atomic mass is 10.0. The molecule has 0 unspecified atom stereocenters. The van der Waals surface area contributed by atoms with E-state index in [1.54, 1.807) is 11.8 Å². The fourth-order valence-corrected chi connectivity index (χ4v) is 3.33. The Morgan fingerprint density at radius 2 is 1.86 bits per heavy atom. The van der Waals surface area contributed by atoms with Crippen molar-refractivity contribution in [1.82, 2.24) is 9.97 Å². The van der Waals surface area contributed by atoms with Crippen molar-refractivity contribution in [1.29, 1.82) is 0 Å². The zero-order valence-corrected chi connectivity index (χ0v) is 14.2. The molecule has 1 N–H and O–H groups in total. The molecule has 1 aromatic heterocycles. The molecule has 0 saturated heterocycles. The summed E-state index contributed by atoms with van der Waals surface area (Å²) in [5.41, 5.74) is 3.58. The molecule has 0 saturated carbocycles. The Morgan fingerprint density at radius 1 is 1.14 bits per heavy atom. The number of anilines is 1. The Labute approximate surface area is 131 Å². The lowest BCUT2D eigenvalue weighted by molar-refractivity contribution is 0.821. The molecule has 0 amide bonds. The van der Waals surface area contributed by atoms with Gasteiger partial charge < -0.3 is 5.32 Å². The van der Waals surface area contributed by atoms with Crippen molar-refractivity contribution < 1.29 is 0 Å². The van der Waals surface area contributed by atoms with E-state index in [0.29, 0.717) is 5.92 Å². The minimum Gasteiger partial charge on any atom is -0.373 e. The molecule has 0 spiro atoms. The second kappa shape index (κ2) is 6.94. The summed E-state index contributed by atoms with van der Waals surface area (Å²) >= 11 is 1.79. The van der Waals surface area contributed by atoms with E-state index in [0.717, 1.165) is 23.1 Å². The van der Waals surface area contributed by atoms with Crippen molar-refractivity contribution in [2.24, 2.45) is 0 Å². The average molecular weight is 301 g/mol. The molecule has 0 aliphatic heterocycles. The third kappa shape index (κ3) is 3.76. The highest BCUT2D eigenvalue weighted by Gasteiger charge is 2.14. The van der Waals surface area contributed by atoms with E-state index in [9.17, 15) is 0 Å². The van der Waals surface area contributed by atoms with E-state index < -0.39 is 0 Å². The van der Waals surface area contributed by atoms with Gasteiger partial charge in [-0.15, -0.1) is 11.8 Å². The van der Waals surface area contributed by atoms with E-state index in [4.69, 9.17) is 0 Å². The van der Waals surface area contributed by atoms with Gasteiger partial charge in [0.15, 0.2) is 0 Å². The first-order valence-corrected chi connectivity index (χ1v) is 8.25. The van der Waals surface area contributed by atoms with Crippen molar-refractivity contribution in [3.05, 3.63) is 46.9 Å². The van der Waals surface area contributed by atoms with Crippen LogP contribution in [0.15, 0.2) is 29.2 Å². The summed E-state index contributed by atoms with van der Waals surface area (Å²) in [5, 5.41) is 3.21. The highest BCUT2D eigenvalue weighted by molar-refractivity contribution is 7.98. The van der Waals surface area contributed by atoms with Crippen LogP contribution in [0, 0.1) is 13.8 Å². The van der Waals surface area contributed by atoms with Gasteiger partial charge >= 0.3 is 0 Å². The smallest absolute Gasteiger partial charge is 0.141 e. The van der Waals surface area contributed by atoms with Crippen molar-refractivity contribution in [3.63, 3.8) is 0 Å². The molecule has 0 aliphatic rings. The number of hydrogen-bond acceptors (Lipinski definition) is 4. The van der Waals surface area contributed by atoms with Gasteiger partial charge in [-0.25, -0.2) is 9.97 Å². The molecule has 112 valence electrons. The SMILES string of the molecule is CNc1nc(CSc2ccccc2C)nc(C)c1C(C)C. The van der Waals surface area contributed by atoms with Crippen LogP contribution in [0.1, 0.15) is 42.4 Å². The largest absolute Gasteiger partial charge is 0.373 e. The first-order valence-electron chi connectivity index (χ1n) is 7.26. The number of thioether (sulfide) groups is 1. The van der Waals surface area contributed by atoms with Crippen LogP contribution in [-0.2, 0) is 5.75 Å². The summed E-state index contributed by atoms with van der Waals surface area (Å²) in [6.07, 6.45) is 0. The van der Waals surface area contributed by atoms with Gasteiger partial charge in [0.05, 0.1) is 5.75 Å². The maximum atomic E-state index is 4.68. The zero-order chi connectivity index (χ0) is 15.4. The van der Waals surface area contributed by atoms with E-state index >= 15 is 0 Å². The van der Waals surface area contributed by atoms with Crippen molar-refractivity contribution in [2.45, 2.75) is 44.3 Å². The molecule has 1 aromatic carbocycles. The quantitative estimate of drug-likeness (QED) is 0.822. The number of nitrogens with one attached hydrogen (secondary N) is 1. The molecule has 2 rings (SSSR count). The molecule has 21 heavy (non-hydrogen) atoms. The third-order valence-electron chi connectivity index (χ3n) is 3.45. The number of benzene rings is 1. The van der Waals surface area contributed by atoms with Gasteiger partial charge in [0, 0.05) is 23.2 Å². The third-order valence-corrected chi connectivity index (χ3v) is 4.62. The number of rotatable bonds is 5. The fourth-order valence-electron chi connectivity index (χ4n) is 2.45. The summed E-state index contributed by atoms with van der Waals surface area (Å²) in [4.78, 5) is 10.6. The Kier molecular flexibility index (Phi) is 5.23. The summed E-state index contributed by atoms with van der Waals surface area (Å²) in [5.74, 6) is 3.05. The Balaban J connectivity index is 2.22. The van der Waals surface area contributed by atoms with Crippen LogP contribution >= 0.6 is 11.8 Å². The maximum absolute atomic E-state index is 4.68. The molecule has 4 heteroatoms. The topological polar surface area (TPSA) is 37.8 Å². The first-order chi connectivity index (χ1) is 10.0. The second-order valence-corrected chi connectivity index (χ2v) is 6.46. The van der Waals surface area contributed by atoms with Crippen LogP contribution in [0.5, 0.6) is 0 Å². The van der Waals surface area contributed by atoms with Gasteiger partial charge in [0.25, 0.3) is 0 Å². The number of hydrogen-bond donors (Lipinski definition) is 1. The Bertz CT molecular complexity index is 623. The molecule has 0 radical (unpaired) electrons. The van der Waals surface area contributed by atoms with E-state index in [2.05, 4.69) is 67.2 Å². The number of aryl methyl sites for hydroxylation is 2. The van der Waals surface area contributed by atoms with Gasteiger partial charge in [-0.1, -0.05) is 32.0 Å². The summed E-state index contributed by atoms with van der Waals surface area (Å²) < 4.78 is 0. The van der Waals surface area contributed by atoms with Gasteiger partial charge in [-0.05, 0) is 31.4 Å². The highest BCUT2D eigenvalue weighted by Crippen LogP contribution is 2.28. The van der Waals surface area contributed by atoms with Crippen LogP contribution in [0.2, 0.25) is 0 Å². The maximum Gasteiger partial charge on any atom is 0.141 e. The normalized spacial score (nSPS) is 11.0. The van der Waals surface area contributed by atoms with Gasteiger partial charge in [0.2, 0.25) is 0 Å². The van der Waals surface area contributed by atoms with Gasteiger partial charge in [0.1, 0.15) is 11.6 Å². The van der Waals surface area contributed by atoms with Crippen LogP contribution in [0.4, 0.5) is 5.82 Å². The van der Waals surface area contributed by atoms with Crippen LogP contribution in [-0.4, -0.2) is 17.0 Å². The molecule has 2 aromatic rings. The lowest BCUT2D eigenvalue weighted by Gasteiger charge is -2.15. The second-order valence-electron chi connectivity index (χ2n) is 5.45. The summed E-state index contributed by atoms with van der Waals surface area (Å²) in [7, 11) is 1.92. The van der Waals surface area contributed by atoms with Gasteiger partial charge in [-0.2, -0.15) is 0 Å². The van der Waals surface area contributed by atoms with Gasteiger partial charge in [-0.3, -0.25) is 0 Å². The zero-order valence-electron chi connectivity index (χ0n) is 13.4. The van der Waals surface area contributed by atoms with Crippen LogP contribution < -0.4 is 5.32 Å². The monoisotopic (exact) mass is 301 g/mol. The molecule has 0 bridgehead atoms. The van der Waals surface area contributed by atoms with Crippen molar-refractivity contribution in [2.75, 3.05) is 12.4 Å². The lowest BCUT2D eigenvalue weighted by Crippen LogP contribution is -2.08. The number of nitrogens with zero attached hydrogens (tertiary/aromatic N) is 2. The predicted octanol–water partition coefficient (Wildman–Crippen LogP) is 4.55. The Hall–Kier alpha value is -1.55. The molecule has 0 atom stereocenters.